The van der Waals surface area contributed by atoms with Gasteiger partial charge >= 0.3 is 0 Å². The van der Waals surface area contributed by atoms with Gasteiger partial charge in [-0.2, -0.15) is 0 Å². The Balaban J connectivity index is 1.73. The molecule has 0 fully saturated rings. The van der Waals surface area contributed by atoms with E-state index in [9.17, 15) is 5.11 Å². The van der Waals surface area contributed by atoms with Crippen LogP contribution < -0.4 is 20.1 Å². The van der Waals surface area contributed by atoms with Crippen LogP contribution >= 0.6 is 11.6 Å². The summed E-state index contributed by atoms with van der Waals surface area (Å²) in [7, 11) is 0. The summed E-state index contributed by atoms with van der Waals surface area (Å²) in [6, 6.07) is 21.0. The van der Waals surface area contributed by atoms with Crippen molar-refractivity contribution in [3.63, 3.8) is 0 Å². The van der Waals surface area contributed by atoms with Gasteiger partial charge in [-0.3, -0.25) is 5.32 Å². The zero-order chi connectivity index (χ0) is 22.5. The molecule has 5 nitrogen and oxygen atoms in total. The molecular formula is C26H27ClN2O3. The molecule has 0 aliphatic carbocycles. The van der Waals surface area contributed by atoms with E-state index < -0.39 is 0 Å². The summed E-state index contributed by atoms with van der Waals surface area (Å²) in [6.07, 6.45) is 1.89. The monoisotopic (exact) mass is 450 g/mol. The number of hydrogen-bond donors (Lipinski definition) is 3. The topological polar surface area (TPSA) is 62.8 Å². The summed E-state index contributed by atoms with van der Waals surface area (Å²) < 4.78 is 11.2. The maximum Gasteiger partial charge on any atom is 0.162 e. The van der Waals surface area contributed by atoms with Crippen molar-refractivity contribution in [2.45, 2.75) is 26.1 Å². The van der Waals surface area contributed by atoms with Crippen LogP contribution in [0.3, 0.4) is 0 Å². The van der Waals surface area contributed by atoms with E-state index in [1.165, 1.54) is 0 Å². The molecule has 0 bridgehead atoms. The summed E-state index contributed by atoms with van der Waals surface area (Å²) >= 11 is 6.10. The Hall–Kier alpha value is -3.15. The van der Waals surface area contributed by atoms with E-state index in [-0.39, 0.29) is 18.0 Å². The maximum absolute atomic E-state index is 10.9. The number of phenols is 1. The molecule has 1 aliphatic heterocycles. The van der Waals surface area contributed by atoms with Crippen LogP contribution in [0.25, 0.3) is 5.70 Å². The Labute approximate surface area is 193 Å². The normalized spacial score (nSPS) is 17.9. The molecule has 6 heteroatoms. The third-order valence-corrected chi connectivity index (χ3v) is 5.58. The van der Waals surface area contributed by atoms with E-state index in [4.69, 9.17) is 21.1 Å². The zero-order valence-electron chi connectivity index (χ0n) is 18.1. The Bertz CT molecular complexity index is 1080. The minimum absolute atomic E-state index is 0.144. The highest BCUT2D eigenvalue weighted by molar-refractivity contribution is 6.30. The standard InChI is InChI=1S/C26H27ClN2O3/c1-3-31-20-14-10-17(11-15-20)22-16-23(21-6-5-7-24(25(21)30)32-4-2)29-26(28-22)18-8-12-19(27)13-9-18/h5-16,23,26,28-30H,3-4H2,1-2H3. The first-order valence-corrected chi connectivity index (χ1v) is 11.1. The number of benzene rings is 3. The fraction of sp³-hybridized carbons (Fsp3) is 0.231. The average Bonchev–Trinajstić information content (AvgIpc) is 2.81. The quantitative estimate of drug-likeness (QED) is 0.423. The summed E-state index contributed by atoms with van der Waals surface area (Å²) in [5, 5.41) is 18.7. The van der Waals surface area contributed by atoms with Crippen LogP contribution in [0.15, 0.2) is 72.8 Å². The third kappa shape index (κ3) is 4.85. The Morgan fingerprint density at radius 2 is 1.62 bits per heavy atom. The van der Waals surface area contributed by atoms with Crippen molar-refractivity contribution in [2.75, 3.05) is 13.2 Å². The fourth-order valence-corrected chi connectivity index (χ4v) is 3.92. The molecule has 2 atom stereocenters. The van der Waals surface area contributed by atoms with Gasteiger partial charge in [-0.1, -0.05) is 35.9 Å². The van der Waals surface area contributed by atoms with Crippen molar-refractivity contribution >= 4 is 17.3 Å². The molecule has 0 spiro atoms. The first-order valence-electron chi connectivity index (χ1n) is 10.8. The minimum atomic E-state index is -0.237. The highest BCUT2D eigenvalue weighted by atomic mass is 35.5. The Morgan fingerprint density at radius 1 is 0.906 bits per heavy atom. The van der Waals surface area contributed by atoms with Crippen LogP contribution in [0.2, 0.25) is 5.02 Å². The largest absolute Gasteiger partial charge is 0.504 e. The molecule has 0 radical (unpaired) electrons. The molecule has 166 valence electrons. The van der Waals surface area contributed by atoms with Gasteiger partial charge in [-0.05, 0) is 73.5 Å². The van der Waals surface area contributed by atoms with Gasteiger partial charge in [0.25, 0.3) is 0 Å². The summed E-state index contributed by atoms with van der Waals surface area (Å²) in [5.74, 6) is 1.45. The van der Waals surface area contributed by atoms with Gasteiger partial charge in [0.15, 0.2) is 11.5 Å². The van der Waals surface area contributed by atoms with Crippen molar-refractivity contribution in [2.24, 2.45) is 0 Å². The predicted molar refractivity (Wildman–Crippen MR) is 128 cm³/mol. The van der Waals surface area contributed by atoms with Crippen LogP contribution in [-0.4, -0.2) is 18.3 Å². The lowest BCUT2D eigenvalue weighted by Gasteiger charge is -2.33. The number of aromatic hydroxyl groups is 1. The van der Waals surface area contributed by atoms with E-state index in [1.807, 2.05) is 74.5 Å². The third-order valence-electron chi connectivity index (χ3n) is 5.32. The molecule has 0 saturated heterocycles. The number of phenolic OH excluding ortho intramolecular Hbond substituents is 1. The number of ether oxygens (including phenoxy) is 2. The molecule has 32 heavy (non-hydrogen) atoms. The van der Waals surface area contributed by atoms with Crippen LogP contribution in [0.4, 0.5) is 0 Å². The molecule has 0 amide bonds. The van der Waals surface area contributed by atoms with Crippen LogP contribution in [0, 0.1) is 0 Å². The van der Waals surface area contributed by atoms with Gasteiger partial charge in [0.1, 0.15) is 11.9 Å². The summed E-state index contributed by atoms with van der Waals surface area (Å²) in [4.78, 5) is 0. The summed E-state index contributed by atoms with van der Waals surface area (Å²) in [6.45, 7) is 4.97. The van der Waals surface area contributed by atoms with Crippen molar-refractivity contribution in [3.05, 3.63) is 94.5 Å². The second-order valence-corrected chi connectivity index (χ2v) is 7.87. The molecule has 3 N–H and O–H groups in total. The average molecular weight is 451 g/mol. The number of halogens is 1. The van der Waals surface area contributed by atoms with E-state index in [0.29, 0.717) is 24.0 Å². The highest BCUT2D eigenvalue weighted by Gasteiger charge is 2.26. The number of hydrogen-bond acceptors (Lipinski definition) is 5. The molecule has 4 rings (SSSR count). The first kappa shape index (κ1) is 22.1. The molecule has 0 saturated carbocycles. The van der Waals surface area contributed by atoms with Crippen LogP contribution in [0.1, 0.15) is 42.7 Å². The number of nitrogens with one attached hydrogen (secondary N) is 2. The van der Waals surface area contributed by atoms with E-state index in [2.05, 4.69) is 16.7 Å². The predicted octanol–water partition coefficient (Wildman–Crippen LogP) is 5.82. The van der Waals surface area contributed by atoms with Crippen LogP contribution in [-0.2, 0) is 0 Å². The lowest BCUT2D eigenvalue weighted by atomic mass is 9.97. The smallest absolute Gasteiger partial charge is 0.162 e. The maximum atomic E-state index is 10.9. The molecule has 2 unspecified atom stereocenters. The lowest BCUT2D eigenvalue weighted by Crippen LogP contribution is -2.39. The van der Waals surface area contributed by atoms with Crippen LogP contribution in [0.5, 0.6) is 17.2 Å². The fourth-order valence-electron chi connectivity index (χ4n) is 3.79. The van der Waals surface area contributed by atoms with Gasteiger partial charge in [0.2, 0.25) is 0 Å². The van der Waals surface area contributed by atoms with Gasteiger partial charge in [0, 0.05) is 16.3 Å². The summed E-state index contributed by atoms with van der Waals surface area (Å²) in [5.41, 5.74) is 3.77. The number of rotatable bonds is 7. The van der Waals surface area contributed by atoms with E-state index in [1.54, 1.807) is 6.07 Å². The van der Waals surface area contributed by atoms with Gasteiger partial charge in [-0.25, -0.2) is 0 Å². The highest BCUT2D eigenvalue weighted by Crippen LogP contribution is 2.38. The molecule has 0 aromatic heterocycles. The lowest BCUT2D eigenvalue weighted by molar-refractivity contribution is 0.314. The first-order chi connectivity index (χ1) is 15.6. The van der Waals surface area contributed by atoms with E-state index in [0.717, 1.165) is 28.1 Å². The van der Waals surface area contributed by atoms with Crippen molar-refractivity contribution in [1.29, 1.82) is 0 Å². The van der Waals surface area contributed by atoms with Crippen molar-refractivity contribution < 1.29 is 14.6 Å². The van der Waals surface area contributed by atoms with Crippen molar-refractivity contribution in [3.8, 4) is 17.2 Å². The van der Waals surface area contributed by atoms with Crippen molar-refractivity contribution in [1.82, 2.24) is 10.6 Å². The molecule has 1 heterocycles. The van der Waals surface area contributed by atoms with Gasteiger partial charge < -0.3 is 19.9 Å². The number of para-hydroxylation sites is 1. The SMILES string of the molecule is CCOc1ccc(C2=CC(c3cccc(OCC)c3O)NC(c3ccc(Cl)cc3)N2)cc1. The minimum Gasteiger partial charge on any atom is -0.504 e. The Kier molecular flexibility index (Phi) is 6.88. The second-order valence-electron chi connectivity index (χ2n) is 7.44. The van der Waals surface area contributed by atoms with E-state index >= 15 is 0 Å². The molecular weight excluding hydrogens is 424 g/mol. The second kappa shape index (κ2) is 9.98. The molecule has 1 aliphatic rings. The molecule has 3 aromatic rings. The zero-order valence-corrected chi connectivity index (χ0v) is 18.9. The Morgan fingerprint density at radius 3 is 2.31 bits per heavy atom. The molecule has 3 aromatic carbocycles. The van der Waals surface area contributed by atoms with Gasteiger partial charge in [0.05, 0.1) is 19.3 Å². The van der Waals surface area contributed by atoms with Gasteiger partial charge in [-0.15, -0.1) is 0 Å².